The van der Waals surface area contributed by atoms with E-state index in [1.54, 1.807) is 17.0 Å². The van der Waals surface area contributed by atoms with Crippen molar-refractivity contribution in [3.63, 3.8) is 0 Å². The van der Waals surface area contributed by atoms with E-state index in [0.29, 0.717) is 44.2 Å². The van der Waals surface area contributed by atoms with Crippen molar-refractivity contribution in [3.05, 3.63) is 34.9 Å². The molecule has 7 heteroatoms. The van der Waals surface area contributed by atoms with E-state index < -0.39 is 17.4 Å². The van der Waals surface area contributed by atoms with E-state index in [1.165, 1.54) is 0 Å². The Kier molecular flexibility index (Phi) is 5.08. The molecule has 0 aromatic heterocycles. The van der Waals surface area contributed by atoms with Crippen LogP contribution in [0.25, 0.3) is 0 Å². The number of nitrogens with two attached hydrogens (primary N) is 1. The Labute approximate surface area is 145 Å². The molecule has 3 rings (SSSR count). The van der Waals surface area contributed by atoms with Gasteiger partial charge in [0.1, 0.15) is 0 Å². The quantitative estimate of drug-likeness (QED) is 0.883. The lowest BCUT2D eigenvalue weighted by molar-refractivity contribution is -0.152. The second-order valence-electron chi connectivity index (χ2n) is 6.21. The van der Waals surface area contributed by atoms with Crippen LogP contribution in [0.2, 0.25) is 5.02 Å². The number of ether oxygens (including phenoxy) is 2. The maximum Gasteiger partial charge on any atom is 0.248 e. The summed E-state index contributed by atoms with van der Waals surface area (Å²) in [7, 11) is 0. The van der Waals surface area contributed by atoms with Crippen LogP contribution in [0.1, 0.15) is 18.4 Å². The SMILES string of the molecule is NC(=O)[C@H]1CN(C(=O)C2(c3ccc(Cl)cc3)CCOCC2)CCO1. The number of benzene rings is 1. The molecule has 0 unspecified atom stereocenters. The molecule has 1 aromatic rings. The van der Waals surface area contributed by atoms with Crippen molar-refractivity contribution in [2.75, 3.05) is 32.9 Å². The molecule has 0 bridgehead atoms. The fraction of sp³-hybridized carbons (Fsp3) is 0.529. The minimum atomic E-state index is -0.746. The fourth-order valence-corrected chi connectivity index (χ4v) is 3.55. The Balaban J connectivity index is 1.89. The Morgan fingerprint density at radius 1 is 1.17 bits per heavy atom. The summed E-state index contributed by atoms with van der Waals surface area (Å²) in [4.78, 5) is 26.5. The highest BCUT2D eigenvalue weighted by molar-refractivity contribution is 6.30. The van der Waals surface area contributed by atoms with E-state index in [4.69, 9.17) is 26.8 Å². The van der Waals surface area contributed by atoms with Crippen molar-refractivity contribution < 1.29 is 19.1 Å². The lowest BCUT2D eigenvalue weighted by Crippen LogP contribution is -2.56. The standard InChI is InChI=1S/C17H21ClN2O4/c18-13-3-1-12(2-4-13)17(5-8-23-9-6-17)16(22)20-7-10-24-14(11-20)15(19)21/h1-4,14H,5-11H2,(H2,19,21)/t14-/m1/s1. The molecule has 2 amide bonds. The van der Waals surface area contributed by atoms with Gasteiger partial charge in [0.05, 0.1) is 18.6 Å². The summed E-state index contributed by atoms with van der Waals surface area (Å²) in [6.45, 7) is 2.02. The highest BCUT2D eigenvalue weighted by Crippen LogP contribution is 2.37. The van der Waals surface area contributed by atoms with Crippen LogP contribution >= 0.6 is 11.6 Å². The lowest BCUT2D eigenvalue weighted by Gasteiger charge is -2.42. The largest absolute Gasteiger partial charge is 0.381 e. The van der Waals surface area contributed by atoms with E-state index in [1.807, 2.05) is 12.1 Å². The molecule has 0 radical (unpaired) electrons. The van der Waals surface area contributed by atoms with E-state index in [-0.39, 0.29) is 12.5 Å². The molecule has 2 aliphatic heterocycles. The third kappa shape index (κ3) is 3.27. The molecule has 2 aliphatic rings. The summed E-state index contributed by atoms with van der Waals surface area (Å²) in [5.41, 5.74) is 5.61. The van der Waals surface area contributed by atoms with Crippen LogP contribution in [0.4, 0.5) is 0 Å². The van der Waals surface area contributed by atoms with Crippen molar-refractivity contribution >= 4 is 23.4 Å². The van der Waals surface area contributed by atoms with Crippen molar-refractivity contribution in [1.29, 1.82) is 0 Å². The van der Waals surface area contributed by atoms with Gasteiger partial charge in [-0.05, 0) is 30.5 Å². The molecule has 0 spiro atoms. The van der Waals surface area contributed by atoms with E-state index >= 15 is 0 Å². The van der Waals surface area contributed by atoms with Gasteiger partial charge < -0.3 is 20.1 Å². The van der Waals surface area contributed by atoms with Crippen molar-refractivity contribution in [1.82, 2.24) is 4.90 Å². The van der Waals surface area contributed by atoms with Gasteiger partial charge in [0.25, 0.3) is 0 Å². The molecule has 2 saturated heterocycles. The maximum atomic E-state index is 13.4. The highest BCUT2D eigenvalue weighted by Gasteiger charge is 2.45. The predicted molar refractivity (Wildman–Crippen MR) is 88.7 cm³/mol. The molecule has 1 aromatic carbocycles. The molecular weight excluding hydrogens is 332 g/mol. The first-order valence-corrected chi connectivity index (χ1v) is 8.45. The van der Waals surface area contributed by atoms with Crippen LogP contribution in [0.3, 0.4) is 0 Å². The van der Waals surface area contributed by atoms with Gasteiger partial charge in [0.2, 0.25) is 11.8 Å². The number of nitrogens with zero attached hydrogens (tertiary/aromatic N) is 1. The first kappa shape index (κ1) is 17.2. The summed E-state index contributed by atoms with van der Waals surface area (Å²) in [5, 5.41) is 0.633. The number of rotatable bonds is 3. The van der Waals surface area contributed by atoms with Gasteiger partial charge in [-0.1, -0.05) is 23.7 Å². The Morgan fingerprint density at radius 2 is 1.83 bits per heavy atom. The lowest BCUT2D eigenvalue weighted by atomic mass is 9.73. The van der Waals surface area contributed by atoms with Crippen LogP contribution in [-0.2, 0) is 24.5 Å². The topological polar surface area (TPSA) is 81.9 Å². The molecule has 2 fully saturated rings. The number of carbonyl (C=O) groups is 2. The number of primary amides is 1. The maximum absolute atomic E-state index is 13.4. The predicted octanol–water partition coefficient (Wildman–Crippen LogP) is 1.10. The zero-order valence-corrected chi connectivity index (χ0v) is 14.1. The van der Waals surface area contributed by atoms with Gasteiger partial charge in [-0.15, -0.1) is 0 Å². The minimum Gasteiger partial charge on any atom is -0.381 e. The number of halogens is 1. The average Bonchev–Trinajstić information content (AvgIpc) is 2.62. The van der Waals surface area contributed by atoms with Crippen molar-refractivity contribution in [2.24, 2.45) is 5.73 Å². The van der Waals surface area contributed by atoms with Crippen LogP contribution in [0, 0.1) is 0 Å². The molecular formula is C17H21ClN2O4. The molecule has 1 atom stereocenters. The number of hydrogen-bond acceptors (Lipinski definition) is 4. The second-order valence-corrected chi connectivity index (χ2v) is 6.65. The van der Waals surface area contributed by atoms with Gasteiger partial charge in [-0.2, -0.15) is 0 Å². The van der Waals surface area contributed by atoms with Gasteiger partial charge in [-0.25, -0.2) is 0 Å². The van der Waals surface area contributed by atoms with Crippen molar-refractivity contribution in [3.8, 4) is 0 Å². The fourth-order valence-electron chi connectivity index (χ4n) is 3.42. The normalized spacial score (nSPS) is 23.7. The summed E-state index contributed by atoms with van der Waals surface area (Å²) < 4.78 is 10.8. The third-order valence-corrected chi connectivity index (χ3v) is 5.08. The van der Waals surface area contributed by atoms with Gasteiger partial charge in [0.15, 0.2) is 6.10 Å². The van der Waals surface area contributed by atoms with Gasteiger partial charge >= 0.3 is 0 Å². The summed E-state index contributed by atoms with van der Waals surface area (Å²) in [6.07, 6.45) is 0.461. The zero-order valence-electron chi connectivity index (χ0n) is 13.4. The Morgan fingerprint density at radius 3 is 2.46 bits per heavy atom. The molecule has 2 heterocycles. The highest BCUT2D eigenvalue weighted by atomic mass is 35.5. The monoisotopic (exact) mass is 352 g/mol. The number of carbonyl (C=O) groups excluding carboxylic acids is 2. The molecule has 130 valence electrons. The Bertz CT molecular complexity index is 614. The second kappa shape index (κ2) is 7.09. The number of hydrogen-bond donors (Lipinski definition) is 1. The molecule has 2 N–H and O–H groups in total. The van der Waals surface area contributed by atoms with Crippen LogP contribution in [-0.4, -0.2) is 55.7 Å². The molecule has 0 saturated carbocycles. The third-order valence-electron chi connectivity index (χ3n) is 4.82. The van der Waals surface area contributed by atoms with Crippen LogP contribution in [0.5, 0.6) is 0 Å². The minimum absolute atomic E-state index is 0.00247. The summed E-state index contributed by atoms with van der Waals surface area (Å²) in [5.74, 6) is -0.539. The van der Waals surface area contributed by atoms with Gasteiger partial charge in [-0.3, -0.25) is 9.59 Å². The van der Waals surface area contributed by atoms with E-state index in [9.17, 15) is 9.59 Å². The van der Waals surface area contributed by atoms with Gasteiger partial charge in [0, 0.05) is 24.8 Å². The first-order valence-electron chi connectivity index (χ1n) is 8.07. The first-order chi connectivity index (χ1) is 11.5. The van der Waals surface area contributed by atoms with Crippen LogP contribution in [0.15, 0.2) is 24.3 Å². The molecule has 24 heavy (non-hydrogen) atoms. The number of amides is 2. The summed E-state index contributed by atoms with van der Waals surface area (Å²) in [6, 6.07) is 7.40. The van der Waals surface area contributed by atoms with E-state index in [0.717, 1.165) is 5.56 Å². The zero-order chi connectivity index (χ0) is 17.2. The average molecular weight is 353 g/mol. The van der Waals surface area contributed by atoms with Crippen molar-refractivity contribution in [2.45, 2.75) is 24.4 Å². The Hall–Kier alpha value is -1.63. The summed E-state index contributed by atoms with van der Waals surface area (Å²) >= 11 is 5.99. The molecule has 0 aliphatic carbocycles. The smallest absolute Gasteiger partial charge is 0.248 e. The molecule has 6 nitrogen and oxygen atoms in total. The van der Waals surface area contributed by atoms with Crippen LogP contribution < -0.4 is 5.73 Å². The number of morpholine rings is 1. The van der Waals surface area contributed by atoms with E-state index in [2.05, 4.69) is 0 Å².